The Morgan fingerprint density at radius 2 is 1.88 bits per heavy atom. The molecular weight excluding hydrogens is 300 g/mol. The highest BCUT2D eigenvalue weighted by Crippen LogP contribution is 2.11. The molecule has 2 aromatic carbocycles. The van der Waals surface area contributed by atoms with Crippen molar-refractivity contribution >= 4 is 5.91 Å². The summed E-state index contributed by atoms with van der Waals surface area (Å²) in [6.07, 6.45) is 0. The summed E-state index contributed by atoms with van der Waals surface area (Å²) in [6, 6.07) is 15.9. The summed E-state index contributed by atoms with van der Waals surface area (Å²) in [5, 5.41) is 3.00. The number of benzene rings is 2. The molecule has 1 amide bonds. The van der Waals surface area contributed by atoms with Crippen molar-refractivity contribution in [3.8, 4) is 0 Å². The van der Waals surface area contributed by atoms with Gasteiger partial charge in [0.05, 0.1) is 6.61 Å². The Bertz CT molecular complexity index is 670. The fraction of sp³-hybridized carbons (Fsp3) is 0.350. The molecule has 24 heavy (non-hydrogen) atoms. The Balaban J connectivity index is 2.00. The number of hydrogen-bond acceptors (Lipinski definition) is 3. The highest BCUT2D eigenvalue weighted by molar-refractivity contribution is 5.95. The maximum Gasteiger partial charge on any atom is 0.251 e. The van der Waals surface area contributed by atoms with Crippen LogP contribution in [0.15, 0.2) is 48.5 Å². The van der Waals surface area contributed by atoms with Crippen molar-refractivity contribution in [3.63, 3.8) is 0 Å². The van der Waals surface area contributed by atoms with Gasteiger partial charge in [-0.1, -0.05) is 49.4 Å². The SMILES string of the molecule is CCN(C)Cc1cccc(CNC(=O)c2ccccc2COC)c1. The van der Waals surface area contributed by atoms with Crippen LogP contribution in [0.3, 0.4) is 0 Å². The Labute approximate surface area is 144 Å². The molecule has 1 N–H and O–H groups in total. The molecule has 0 aromatic heterocycles. The van der Waals surface area contributed by atoms with Crippen molar-refractivity contribution in [1.29, 1.82) is 0 Å². The quantitative estimate of drug-likeness (QED) is 0.810. The highest BCUT2D eigenvalue weighted by Gasteiger charge is 2.10. The molecule has 2 rings (SSSR count). The van der Waals surface area contributed by atoms with E-state index in [-0.39, 0.29) is 5.91 Å². The molecule has 0 saturated carbocycles. The predicted octanol–water partition coefficient (Wildman–Crippen LogP) is 3.21. The fourth-order valence-electron chi connectivity index (χ4n) is 2.56. The summed E-state index contributed by atoms with van der Waals surface area (Å²) in [4.78, 5) is 14.7. The molecule has 0 heterocycles. The van der Waals surface area contributed by atoms with Crippen LogP contribution in [0.1, 0.15) is 34.0 Å². The first-order valence-electron chi connectivity index (χ1n) is 8.25. The molecule has 0 aliphatic heterocycles. The summed E-state index contributed by atoms with van der Waals surface area (Å²) < 4.78 is 5.16. The topological polar surface area (TPSA) is 41.6 Å². The Morgan fingerprint density at radius 3 is 2.62 bits per heavy atom. The average Bonchev–Trinajstić information content (AvgIpc) is 2.60. The maximum atomic E-state index is 12.4. The van der Waals surface area contributed by atoms with Crippen LogP contribution in [-0.2, 0) is 24.4 Å². The molecule has 0 atom stereocenters. The second-order valence-electron chi connectivity index (χ2n) is 5.92. The van der Waals surface area contributed by atoms with Gasteiger partial charge in [-0.2, -0.15) is 0 Å². The summed E-state index contributed by atoms with van der Waals surface area (Å²) in [5.41, 5.74) is 3.93. The van der Waals surface area contributed by atoms with E-state index in [9.17, 15) is 4.79 Å². The van der Waals surface area contributed by atoms with Crippen LogP contribution in [0.25, 0.3) is 0 Å². The number of nitrogens with one attached hydrogen (secondary N) is 1. The second kappa shape index (κ2) is 9.21. The first-order valence-corrected chi connectivity index (χ1v) is 8.25. The van der Waals surface area contributed by atoms with Gasteiger partial charge in [0, 0.05) is 25.8 Å². The first-order chi connectivity index (χ1) is 11.6. The van der Waals surface area contributed by atoms with Crippen LogP contribution in [0, 0.1) is 0 Å². The zero-order valence-electron chi connectivity index (χ0n) is 14.7. The van der Waals surface area contributed by atoms with Gasteiger partial charge < -0.3 is 15.0 Å². The van der Waals surface area contributed by atoms with Crippen LogP contribution >= 0.6 is 0 Å². The average molecular weight is 326 g/mol. The molecule has 0 spiro atoms. The zero-order valence-corrected chi connectivity index (χ0v) is 14.7. The van der Waals surface area contributed by atoms with E-state index >= 15 is 0 Å². The van der Waals surface area contributed by atoms with Gasteiger partial charge in [-0.05, 0) is 36.3 Å². The predicted molar refractivity (Wildman–Crippen MR) is 96.8 cm³/mol. The van der Waals surface area contributed by atoms with Crippen molar-refractivity contribution in [2.75, 3.05) is 20.7 Å². The van der Waals surface area contributed by atoms with Gasteiger partial charge in [0.2, 0.25) is 0 Å². The zero-order chi connectivity index (χ0) is 17.4. The minimum Gasteiger partial charge on any atom is -0.380 e. The molecule has 0 aliphatic carbocycles. The number of hydrogen-bond donors (Lipinski definition) is 1. The van der Waals surface area contributed by atoms with Crippen LogP contribution in [0.5, 0.6) is 0 Å². The van der Waals surface area contributed by atoms with Gasteiger partial charge in [0.15, 0.2) is 0 Å². The molecule has 0 unspecified atom stereocenters. The van der Waals surface area contributed by atoms with E-state index in [0.29, 0.717) is 18.7 Å². The van der Waals surface area contributed by atoms with E-state index in [2.05, 4.69) is 36.3 Å². The van der Waals surface area contributed by atoms with Crippen LogP contribution in [0.4, 0.5) is 0 Å². The number of amides is 1. The van der Waals surface area contributed by atoms with Gasteiger partial charge in [-0.15, -0.1) is 0 Å². The Morgan fingerprint density at radius 1 is 1.12 bits per heavy atom. The lowest BCUT2D eigenvalue weighted by Crippen LogP contribution is -2.24. The minimum atomic E-state index is -0.0706. The molecule has 2 aromatic rings. The van der Waals surface area contributed by atoms with Gasteiger partial charge in [0.25, 0.3) is 5.91 Å². The number of ether oxygens (including phenoxy) is 1. The van der Waals surface area contributed by atoms with Crippen molar-refractivity contribution in [3.05, 3.63) is 70.8 Å². The number of carbonyl (C=O) groups is 1. The van der Waals surface area contributed by atoms with E-state index in [1.165, 1.54) is 5.56 Å². The molecule has 0 radical (unpaired) electrons. The largest absolute Gasteiger partial charge is 0.380 e. The van der Waals surface area contributed by atoms with Gasteiger partial charge in [-0.25, -0.2) is 0 Å². The molecule has 128 valence electrons. The van der Waals surface area contributed by atoms with E-state index in [4.69, 9.17) is 4.74 Å². The van der Waals surface area contributed by atoms with Crippen molar-refractivity contribution in [1.82, 2.24) is 10.2 Å². The summed E-state index contributed by atoms with van der Waals surface area (Å²) in [5.74, 6) is -0.0706. The number of rotatable bonds is 8. The summed E-state index contributed by atoms with van der Waals surface area (Å²) >= 11 is 0. The lowest BCUT2D eigenvalue weighted by Gasteiger charge is -2.15. The summed E-state index contributed by atoms with van der Waals surface area (Å²) in [7, 11) is 3.73. The highest BCUT2D eigenvalue weighted by atomic mass is 16.5. The lowest BCUT2D eigenvalue weighted by molar-refractivity contribution is 0.0946. The molecule has 0 aliphatic rings. The Hall–Kier alpha value is -2.17. The molecule has 4 heteroatoms. The second-order valence-corrected chi connectivity index (χ2v) is 5.92. The molecule has 4 nitrogen and oxygen atoms in total. The number of nitrogens with zero attached hydrogens (tertiary/aromatic N) is 1. The lowest BCUT2D eigenvalue weighted by atomic mass is 10.1. The standard InChI is InChI=1S/C20H26N2O2/c1-4-22(2)14-17-9-7-8-16(12-17)13-21-20(23)19-11-6-5-10-18(19)15-24-3/h5-12H,4,13-15H2,1-3H3,(H,21,23). The number of methoxy groups -OCH3 is 1. The maximum absolute atomic E-state index is 12.4. The van der Waals surface area contributed by atoms with Crippen LogP contribution in [0.2, 0.25) is 0 Å². The van der Waals surface area contributed by atoms with E-state index < -0.39 is 0 Å². The van der Waals surface area contributed by atoms with Crippen LogP contribution < -0.4 is 5.32 Å². The van der Waals surface area contributed by atoms with Crippen molar-refractivity contribution < 1.29 is 9.53 Å². The van der Waals surface area contributed by atoms with E-state index in [0.717, 1.165) is 24.2 Å². The van der Waals surface area contributed by atoms with E-state index in [1.54, 1.807) is 7.11 Å². The Kier molecular flexibility index (Phi) is 6.97. The fourth-order valence-corrected chi connectivity index (χ4v) is 2.56. The van der Waals surface area contributed by atoms with Crippen molar-refractivity contribution in [2.45, 2.75) is 26.6 Å². The molecular formula is C20H26N2O2. The van der Waals surface area contributed by atoms with Gasteiger partial charge >= 0.3 is 0 Å². The molecule has 0 fully saturated rings. The smallest absolute Gasteiger partial charge is 0.251 e. The minimum absolute atomic E-state index is 0.0706. The van der Waals surface area contributed by atoms with Crippen LogP contribution in [-0.4, -0.2) is 31.5 Å². The van der Waals surface area contributed by atoms with Crippen molar-refractivity contribution in [2.24, 2.45) is 0 Å². The molecule has 0 bridgehead atoms. The third-order valence-corrected chi connectivity index (χ3v) is 4.00. The van der Waals surface area contributed by atoms with E-state index in [1.807, 2.05) is 36.4 Å². The summed E-state index contributed by atoms with van der Waals surface area (Å²) in [6.45, 7) is 5.01. The normalized spacial score (nSPS) is 10.8. The third kappa shape index (κ3) is 5.18. The first kappa shape index (κ1) is 18.2. The monoisotopic (exact) mass is 326 g/mol. The number of carbonyl (C=O) groups excluding carboxylic acids is 1. The third-order valence-electron chi connectivity index (χ3n) is 4.00. The van der Waals surface area contributed by atoms with Gasteiger partial charge in [0.1, 0.15) is 0 Å². The van der Waals surface area contributed by atoms with Gasteiger partial charge in [-0.3, -0.25) is 4.79 Å². The molecule has 0 saturated heterocycles.